The van der Waals surface area contributed by atoms with E-state index < -0.39 is 0 Å². The molecule has 0 saturated heterocycles. The third kappa shape index (κ3) is 1.69. The minimum atomic E-state index is -0.00625. The summed E-state index contributed by atoms with van der Waals surface area (Å²) < 4.78 is 0. The second kappa shape index (κ2) is 3.70. The molecule has 0 fully saturated rings. The van der Waals surface area contributed by atoms with Gasteiger partial charge in [0.05, 0.1) is 17.8 Å². The molecule has 1 aliphatic rings. The number of anilines is 1. The number of rotatable bonds is 0. The predicted molar refractivity (Wildman–Crippen MR) is 70.0 cm³/mol. The minimum Gasteiger partial charge on any atom is -0.325 e. The first kappa shape index (κ1) is 10.0. The number of carbonyl (C=O) groups excluding carboxylic acids is 1. The van der Waals surface area contributed by atoms with Gasteiger partial charge in [0.1, 0.15) is 0 Å². The van der Waals surface area contributed by atoms with Gasteiger partial charge in [0.15, 0.2) is 0 Å². The summed E-state index contributed by atoms with van der Waals surface area (Å²) in [4.78, 5) is 16.2. The Labute approximate surface area is 99.2 Å². The monoisotopic (exact) mass is 224 g/mol. The Balaban J connectivity index is 2.40. The third-order valence-electron chi connectivity index (χ3n) is 2.88. The van der Waals surface area contributed by atoms with E-state index in [2.05, 4.69) is 10.3 Å². The second-order valence-corrected chi connectivity index (χ2v) is 4.25. The maximum Gasteiger partial charge on any atom is 0.230 e. The number of aliphatic imine (C=N–C) groups is 1. The lowest BCUT2D eigenvalue weighted by atomic mass is 10.1. The van der Waals surface area contributed by atoms with Crippen molar-refractivity contribution < 1.29 is 4.79 Å². The number of nitrogens with zero attached hydrogens (tertiary/aromatic N) is 1. The molecule has 17 heavy (non-hydrogen) atoms. The van der Waals surface area contributed by atoms with Crippen LogP contribution < -0.4 is 5.32 Å². The highest BCUT2D eigenvalue weighted by Crippen LogP contribution is 2.33. The topological polar surface area (TPSA) is 41.5 Å². The van der Waals surface area contributed by atoms with E-state index in [-0.39, 0.29) is 5.91 Å². The summed E-state index contributed by atoms with van der Waals surface area (Å²) in [5.41, 5.74) is 2.61. The largest absolute Gasteiger partial charge is 0.325 e. The fourth-order valence-electron chi connectivity index (χ4n) is 2.19. The maximum absolute atomic E-state index is 11.7. The summed E-state index contributed by atoms with van der Waals surface area (Å²) in [5, 5.41) is 5.05. The van der Waals surface area contributed by atoms with Crippen LogP contribution in [0.25, 0.3) is 10.8 Å². The van der Waals surface area contributed by atoms with Crippen LogP contribution in [0.5, 0.6) is 0 Å². The lowest BCUT2D eigenvalue weighted by molar-refractivity contribution is -0.115. The molecule has 2 aromatic carbocycles. The fourth-order valence-corrected chi connectivity index (χ4v) is 2.19. The van der Waals surface area contributed by atoms with Crippen molar-refractivity contribution in [3.63, 3.8) is 0 Å². The van der Waals surface area contributed by atoms with Crippen LogP contribution in [0.4, 0.5) is 11.4 Å². The van der Waals surface area contributed by atoms with Gasteiger partial charge in [-0.05, 0) is 24.4 Å². The van der Waals surface area contributed by atoms with E-state index in [1.807, 2.05) is 43.3 Å². The molecular weight excluding hydrogens is 212 g/mol. The molecule has 0 saturated carbocycles. The molecule has 0 aliphatic carbocycles. The number of nitrogens with one attached hydrogen (secondary N) is 1. The van der Waals surface area contributed by atoms with Gasteiger partial charge in [0.25, 0.3) is 0 Å². The van der Waals surface area contributed by atoms with Crippen LogP contribution in [0.1, 0.15) is 13.3 Å². The quantitative estimate of drug-likeness (QED) is 0.733. The summed E-state index contributed by atoms with van der Waals surface area (Å²) in [5.74, 6) is -0.00625. The van der Waals surface area contributed by atoms with E-state index in [0.717, 1.165) is 27.9 Å². The first-order chi connectivity index (χ1) is 8.24. The average Bonchev–Trinajstić information content (AvgIpc) is 2.27. The Hall–Kier alpha value is -2.16. The molecule has 0 aromatic heterocycles. The zero-order valence-corrected chi connectivity index (χ0v) is 9.53. The molecule has 84 valence electrons. The summed E-state index contributed by atoms with van der Waals surface area (Å²) >= 11 is 0. The summed E-state index contributed by atoms with van der Waals surface area (Å²) in [6.07, 6.45) is 0.352. The highest BCUT2D eigenvalue weighted by molar-refractivity contribution is 6.14. The van der Waals surface area contributed by atoms with Crippen molar-refractivity contribution in [2.75, 3.05) is 5.32 Å². The van der Waals surface area contributed by atoms with Crippen LogP contribution in [-0.2, 0) is 4.79 Å². The van der Waals surface area contributed by atoms with E-state index in [1.54, 1.807) is 0 Å². The van der Waals surface area contributed by atoms with Crippen molar-refractivity contribution in [1.29, 1.82) is 0 Å². The van der Waals surface area contributed by atoms with Crippen molar-refractivity contribution in [2.24, 2.45) is 4.99 Å². The van der Waals surface area contributed by atoms with Crippen molar-refractivity contribution in [2.45, 2.75) is 13.3 Å². The van der Waals surface area contributed by atoms with Crippen LogP contribution in [-0.4, -0.2) is 11.6 Å². The number of hydrogen-bond donors (Lipinski definition) is 1. The normalized spacial score (nSPS) is 14.9. The highest BCUT2D eigenvalue weighted by Gasteiger charge is 2.13. The van der Waals surface area contributed by atoms with Crippen LogP contribution in [0.15, 0.2) is 41.4 Å². The molecule has 0 atom stereocenters. The van der Waals surface area contributed by atoms with Crippen molar-refractivity contribution in [1.82, 2.24) is 0 Å². The molecule has 0 bridgehead atoms. The zero-order chi connectivity index (χ0) is 11.8. The minimum absolute atomic E-state index is 0.00625. The van der Waals surface area contributed by atoms with Gasteiger partial charge in [-0.3, -0.25) is 9.79 Å². The van der Waals surface area contributed by atoms with E-state index in [1.165, 1.54) is 0 Å². The molecule has 0 radical (unpaired) electrons. The molecule has 1 heterocycles. The maximum atomic E-state index is 11.7. The van der Waals surface area contributed by atoms with Gasteiger partial charge >= 0.3 is 0 Å². The molecule has 1 aliphatic heterocycles. The van der Waals surface area contributed by atoms with Crippen LogP contribution in [0.2, 0.25) is 0 Å². The van der Waals surface area contributed by atoms with Crippen LogP contribution in [0, 0.1) is 0 Å². The standard InChI is InChI=1S/C14H12N2O/c1-9-8-13(17)16-12-7-3-5-10-4-2-6-11(15-9)14(10)12/h2-7H,8H2,1H3,(H,16,17). The second-order valence-electron chi connectivity index (χ2n) is 4.25. The van der Waals surface area contributed by atoms with Crippen LogP contribution >= 0.6 is 0 Å². The average molecular weight is 224 g/mol. The summed E-state index contributed by atoms with van der Waals surface area (Å²) in [6, 6.07) is 11.9. The fraction of sp³-hybridized carbons (Fsp3) is 0.143. The SMILES string of the molecule is CC1=Nc2cccc3cccc(c23)NC(=O)C1. The molecule has 2 aromatic rings. The highest BCUT2D eigenvalue weighted by atomic mass is 16.1. The molecule has 1 N–H and O–H groups in total. The molecule has 3 nitrogen and oxygen atoms in total. The molecule has 1 amide bonds. The van der Waals surface area contributed by atoms with Gasteiger partial charge in [-0.25, -0.2) is 0 Å². The summed E-state index contributed by atoms with van der Waals surface area (Å²) in [7, 11) is 0. The Kier molecular flexibility index (Phi) is 2.18. The van der Waals surface area contributed by atoms with Gasteiger partial charge in [0, 0.05) is 11.1 Å². The van der Waals surface area contributed by atoms with Gasteiger partial charge < -0.3 is 5.32 Å². The van der Waals surface area contributed by atoms with E-state index in [0.29, 0.717) is 6.42 Å². The van der Waals surface area contributed by atoms with Crippen LogP contribution in [0.3, 0.4) is 0 Å². The number of benzene rings is 2. The Morgan fingerprint density at radius 1 is 1.18 bits per heavy atom. The lowest BCUT2D eigenvalue weighted by Gasteiger charge is -2.14. The third-order valence-corrected chi connectivity index (χ3v) is 2.88. The number of hydrogen-bond acceptors (Lipinski definition) is 2. The molecule has 0 unspecified atom stereocenters. The van der Waals surface area contributed by atoms with Gasteiger partial charge in [0.2, 0.25) is 5.91 Å². The molecule has 3 heteroatoms. The van der Waals surface area contributed by atoms with Gasteiger partial charge in [-0.2, -0.15) is 0 Å². The van der Waals surface area contributed by atoms with E-state index in [9.17, 15) is 4.79 Å². The Bertz CT molecular complexity index is 638. The first-order valence-corrected chi connectivity index (χ1v) is 5.60. The lowest BCUT2D eigenvalue weighted by Crippen LogP contribution is -2.16. The Morgan fingerprint density at radius 2 is 1.94 bits per heavy atom. The Morgan fingerprint density at radius 3 is 2.76 bits per heavy atom. The molecular formula is C14H12N2O. The van der Waals surface area contributed by atoms with Crippen molar-refractivity contribution in [3.05, 3.63) is 36.4 Å². The number of carbonyl (C=O) groups is 1. The molecule has 3 rings (SSSR count). The van der Waals surface area contributed by atoms with Crippen molar-refractivity contribution >= 4 is 33.8 Å². The van der Waals surface area contributed by atoms with E-state index >= 15 is 0 Å². The summed E-state index contributed by atoms with van der Waals surface area (Å²) in [6.45, 7) is 1.88. The predicted octanol–water partition coefficient (Wildman–Crippen LogP) is 3.27. The smallest absolute Gasteiger partial charge is 0.230 e. The zero-order valence-electron chi connectivity index (χ0n) is 9.53. The molecule has 0 spiro atoms. The van der Waals surface area contributed by atoms with Gasteiger partial charge in [-0.1, -0.05) is 24.3 Å². The number of amides is 1. The van der Waals surface area contributed by atoms with E-state index in [4.69, 9.17) is 0 Å². The van der Waals surface area contributed by atoms with Gasteiger partial charge in [-0.15, -0.1) is 0 Å². The van der Waals surface area contributed by atoms with Crippen molar-refractivity contribution in [3.8, 4) is 0 Å². The first-order valence-electron chi connectivity index (χ1n) is 5.60.